The molecule has 1 unspecified atom stereocenters. The maximum Gasteiger partial charge on any atom is 0.167 e. The molecule has 100 valence electrons. The number of nitrogens with two attached hydrogens (primary N) is 1. The van der Waals surface area contributed by atoms with Crippen LogP contribution in [0.1, 0.15) is 17.2 Å². The van der Waals surface area contributed by atoms with E-state index in [9.17, 15) is 8.78 Å². The molecule has 2 aromatic carbocycles. The minimum atomic E-state index is -0.725. The van der Waals surface area contributed by atoms with Crippen molar-refractivity contribution in [1.29, 1.82) is 0 Å². The summed E-state index contributed by atoms with van der Waals surface area (Å²) >= 11 is 0. The number of benzene rings is 2. The molecule has 2 aromatic rings. The second-order valence-corrected chi connectivity index (χ2v) is 4.35. The van der Waals surface area contributed by atoms with Gasteiger partial charge in [-0.3, -0.25) is 0 Å². The van der Waals surface area contributed by atoms with E-state index >= 15 is 0 Å². The molecule has 0 aliphatic rings. The molecule has 19 heavy (non-hydrogen) atoms. The van der Waals surface area contributed by atoms with Crippen LogP contribution in [0.4, 0.5) is 8.78 Å². The summed E-state index contributed by atoms with van der Waals surface area (Å²) in [4.78, 5) is 0. The van der Waals surface area contributed by atoms with Crippen LogP contribution in [-0.2, 0) is 0 Å². The summed E-state index contributed by atoms with van der Waals surface area (Å²) in [6.07, 6.45) is 0. The van der Waals surface area contributed by atoms with Crippen LogP contribution in [0, 0.1) is 18.6 Å². The SMILES string of the molecule is Cc1ccccc1C(N)COc1ccc(F)cc1F. The van der Waals surface area contributed by atoms with E-state index in [0.717, 1.165) is 23.3 Å². The van der Waals surface area contributed by atoms with Gasteiger partial charge in [-0.2, -0.15) is 0 Å². The van der Waals surface area contributed by atoms with E-state index in [1.807, 2.05) is 31.2 Å². The predicted octanol–water partition coefficient (Wildman–Crippen LogP) is 3.35. The largest absolute Gasteiger partial charge is 0.489 e. The third-order valence-electron chi connectivity index (χ3n) is 2.90. The van der Waals surface area contributed by atoms with E-state index in [4.69, 9.17) is 10.5 Å². The molecule has 0 fully saturated rings. The van der Waals surface area contributed by atoms with Crippen LogP contribution < -0.4 is 10.5 Å². The molecule has 0 radical (unpaired) electrons. The quantitative estimate of drug-likeness (QED) is 0.918. The van der Waals surface area contributed by atoms with Gasteiger partial charge in [0.1, 0.15) is 12.4 Å². The highest BCUT2D eigenvalue weighted by Gasteiger charge is 2.11. The second-order valence-electron chi connectivity index (χ2n) is 4.35. The molecule has 2 nitrogen and oxygen atoms in total. The van der Waals surface area contributed by atoms with Gasteiger partial charge >= 0.3 is 0 Å². The van der Waals surface area contributed by atoms with E-state index in [-0.39, 0.29) is 18.4 Å². The molecule has 0 amide bonds. The van der Waals surface area contributed by atoms with Crippen molar-refractivity contribution < 1.29 is 13.5 Å². The highest BCUT2D eigenvalue weighted by atomic mass is 19.1. The van der Waals surface area contributed by atoms with Crippen molar-refractivity contribution in [3.63, 3.8) is 0 Å². The summed E-state index contributed by atoms with van der Waals surface area (Å²) in [5.41, 5.74) is 8.01. The first-order chi connectivity index (χ1) is 9.08. The Labute approximate surface area is 110 Å². The lowest BCUT2D eigenvalue weighted by Gasteiger charge is -2.16. The van der Waals surface area contributed by atoms with Gasteiger partial charge in [-0.25, -0.2) is 8.78 Å². The smallest absolute Gasteiger partial charge is 0.167 e. The monoisotopic (exact) mass is 263 g/mol. The van der Waals surface area contributed by atoms with Gasteiger partial charge in [0.2, 0.25) is 0 Å². The molecule has 0 aliphatic heterocycles. The van der Waals surface area contributed by atoms with E-state index in [1.165, 1.54) is 6.07 Å². The van der Waals surface area contributed by atoms with Crippen LogP contribution >= 0.6 is 0 Å². The summed E-state index contributed by atoms with van der Waals surface area (Å²) in [5.74, 6) is -1.35. The summed E-state index contributed by atoms with van der Waals surface area (Å²) in [6.45, 7) is 2.08. The zero-order chi connectivity index (χ0) is 13.8. The van der Waals surface area contributed by atoms with Gasteiger partial charge < -0.3 is 10.5 Å². The topological polar surface area (TPSA) is 35.2 Å². The molecule has 0 saturated heterocycles. The Morgan fingerprint density at radius 2 is 1.89 bits per heavy atom. The summed E-state index contributed by atoms with van der Waals surface area (Å²) in [5, 5.41) is 0. The maximum absolute atomic E-state index is 13.4. The average molecular weight is 263 g/mol. The third kappa shape index (κ3) is 3.29. The van der Waals surface area contributed by atoms with Gasteiger partial charge in [-0.05, 0) is 30.2 Å². The Hall–Kier alpha value is -1.94. The van der Waals surface area contributed by atoms with Gasteiger partial charge in [0.15, 0.2) is 11.6 Å². The van der Waals surface area contributed by atoms with Crippen LogP contribution in [0.25, 0.3) is 0 Å². The number of aryl methyl sites for hydroxylation is 1. The Balaban J connectivity index is 2.04. The van der Waals surface area contributed by atoms with Crippen LogP contribution in [0.3, 0.4) is 0 Å². The number of ether oxygens (including phenoxy) is 1. The fourth-order valence-electron chi connectivity index (χ4n) is 1.86. The molecule has 0 saturated carbocycles. The van der Waals surface area contributed by atoms with Crippen molar-refractivity contribution in [2.75, 3.05) is 6.61 Å². The van der Waals surface area contributed by atoms with Crippen LogP contribution in [0.2, 0.25) is 0 Å². The maximum atomic E-state index is 13.4. The summed E-state index contributed by atoms with van der Waals surface area (Å²) < 4.78 is 31.4. The van der Waals surface area contributed by atoms with Gasteiger partial charge in [0, 0.05) is 6.07 Å². The Kier molecular flexibility index (Phi) is 4.12. The van der Waals surface area contributed by atoms with Crippen LogP contribution in [0.15, 0.2) is 42.5 Å². The van der Waals surface area contributed by atoms with Crippen molar-refractivity contribution >= 4 is 0 Å². The minimum absolute atomic E-state index is 0.00503. The van der Waals surface area contributed by atoms with Crippen molar-refractivity contribution in [3.05, 3.63) is 65.2 Å². The Morgan fingerprint density at radius 1 is 1.16 bits per heavy atom. The minimum Gasteiger partial charge on any atom is -0.489 e. The number of hydrogen-bond donors (Lipinski definition) is 1. The molecule has 2 N–H and O–H groups in total. The lowest BCUT2D eigenvalue weighted by atomic mass is 10.0. The zero-order valence-corrected chi connectivity index (χ0v) is 10.6. The molecular formula is C15H15F2NO. The molecule has 4 heteroatoms. The average Bonchev–Trinajstić information content (AvgIpc) is 2.38. The second kappa shape index (κ2) is 5.80. The summed E-state index contributed by atoms with van der Waals surface area (Å²) in [7, 11) is 0. The first-order valence-corrected chi connectivity index (χ1v) is 5.97. The highest BCUT2D eigenvalue weighted by Crippen LogP contribution is 2.20. The number of halogens is 2. The lowest BCUT2D eigenvalue weighted by Crippen LogP contribution is -2.20. The Morgan fingerprint density at radius 3 is 2.58 bits per heavy atom. The number of rotatable bonds is 4. The highest BCUT2D eigenvalue weighted by molar-refractivity contribution is 5.29. The molecule has 0 aromatic heterocycles. The summed E-state index contributed by atoms with van der Waals surface area (Å²) in [6, 6.07) is 10.5. The third-order valence-corrected chi connectivity index (χ3v) is 2.90. The van der Waals surface area contributed by atoms with Gasteiger partial charge in [-0.15, -0.1) is 0 Å². The fourth-order valence-corrected chi connectivity index (χ4v) is 1.86. The zero-order valence-electron chi connectivity index (χ0n) is 10.6. The van der Waals surface area contributed by atoms with Crippen molar-refractivity contribution in [3.8, 4) is 5.75 Å². The molecule has 0 bridgehead atoms. The van der Waals surface area contributed by atoms with Crippen molar-refractivity contribution in [2.45, 2.75) is 13.0 Å². The number of hydrogen-bond acceptors (Lipinski definition) is 2. The standard InChI is InChI=1S/C15H15F2NO/c1-10-4-2-3-5-12(10)14(18)9-19-15-7-6-11(16)8-13(15)17/h2-8,14H,9,18H2,1H3. The first kappa shape index (κ1) is 13.5. The lowest BCUT2D eigenvalue weighted by molar-refractivity contribution is 0.276. The molecule has 2 rings (SSSR count). The van der Waals surface area contributed by atoms with E-state index in [1.54, 1.807) is 0 Å². The van der Waals surface area contributed by atoms with Crippen LogP contribution in [0.5, 0.6) is 5.75 Å². The van der Waals surface area contributed by atoms with Crippen molar-refractivity contribution in [2.24, 2.45) is 5.73 Å². The molecule has 0 heterocycles. The molecule has 1 atom stereocenters. The van der Waals surface area contributed by atoms with Gasteiger partial charge in [0.05, 0.1) is 6.04 Å². The van der Waals surface area contributed by atoms with Gasteiger partial charge in [0.25, 0.3) is 0 Å². The normalized spacial score (nSPS) is 12.2. The van der Waals surface area contributed by atoms with Crippen molar-refractivity contribution in [1.82, 2.24) is 0 Å². The van der Waals surface area contributed by atoms with Gasteiger partial charge in [-0.1, -0.05) is 24.3 Å². The van der Waals surface area contributed by atoms with E-state index in [2.05, 4.69) is 0 Å². The van der Waals surface area contributed by atoms with E-state index in [0.29, 0.717) is 0 Å². The molecular weight excluding hydrogens is 248 g/mol. The Bertz CT molecular complexity index is 572. The van der Waals surface area contributed by atoms with E-state index < -0.39 is 11.6 Å². The fraction of sp³-hybridized carbons (Fsp3) is 0.200. The molecule has 0 spiro atoms. The molecule has 0 aliphatic carbocycles. The first-order valence-electron chi connectivity index (χ1n) is 5.97. The van der Waals surface area contributed by atoms with Crippen LogP contribution in [-0.4, -0.2) is 6.61 Å². The predicted molar refractivity (Wildman–Crippen MR) is 70.0 cm³/mol.